The number of nitrogens with zero attached hydrogens (tertiary/aromatic N) is 1. The van der Waals surface area contributed by atoms with Crippen molar-refractivity contribution in [2.75, 3.05) is 24.4 Å². The third kappa shape index (κ3) is 4.07. The van der Waals surface area contributed by atoms with Gasteiger partial charge < -0.3 is 14.8 Å². The van der Waals surface area contributed by atoms with E-state index in [1.165, 1.54) is 12.0 Å². The molecule has 0 saturated carbocycles. The molecule has 1 heterocycles. The Balaban J connectivity index is 1.89. The van der Waals surface area contributed by atoms with Gasteiger partial charge in [0.2, 0.25) is 0 Å². The summed E-state index contributed by atoms with van der Waals surface area (Å²) in [5.74, 6) is 0.215. The van der Waals surface area contributed by atoms with E-state index in [4.69, 9.17) is 9.47 Å². The van der Waals surface area contributed by atoms with Gasteiger partial charge in [-0.25, -0.2) is 4.90 Å². The van der Waals surface area contributed by atoms with E-state index in [2.05, 4.69) is 11.4 Å². The molecule has 0 unspecified atom stereocenters. The van der Waals surface area contributed by atoms with Gasteiger partial charge in [0.15, 0.2) is 11.5 Å². The third-order valence-electron chi connectivity index (χ3n) is 5.60. The maximum Gasteiger partial charge on any atom is 0.282 e. The Morgan fingerprint density at radius 1 is 0.758 bits per heavy atom. The van der Waals surface area contributed by atoms with Crippen molar-refractivity contribution in [3.8, 4) is 11.5 Å². The van der Waals surface area contributed by atoms with Crippen LogP contribution < -0.4 is 19.7 Å². The normalized spacial score (nSPS) is 13.5. The van der Waals surface area contributed by atoms with E-state index in [1.807, 2.05) is 51.1 Å². The van der Waals surface area contributed by atoms with Crippen molar-refractivity contribution in [3.05, 3.63) is 88.6 Å². The average Bonchev–Trinajstić information content (AvgIpc) is 3.02. The summed E-state index contributed by atoms with van der Waals surface area (Å²) >= 11 is 0. The molecule has 0 bridgehead atoms. The van der Waals surface area contributed by atoms with Crippen molar-refractivity contribution in [1.82, 2.24) is 0 Å². The number of methoxy groups -OCH3 is 2. The second-order valence-electron chi connectivity index (χ2n) is 8.05. The van der Waals surface area contributed by atoms with Gasteiger partial charge >= 0.3 is 0 Å². The second kappa shape index (κ2) is 8.82. The molecule has 0 atom stereocenters. The monoisotopic (exact) mass is 442 g/mol. The molecule has 3 aromatic rings. The minimum atomic E-state index is -0.404. The number of hydrogen-bond donors (Lipinski definition) is 1. The zero-order valence-electron chi connectivity index (χ0n) is 19.4. The molecule has 0 spiro atoms. The third-order valence-corrected chi connectivity index (χ3v) is 5.60. The molecule has 6 nitrogen and oxygen atoms in total. The Kier molecular flexibility index (Phi) is 5.92. The predicted molar refractivity (Wildman–Crippen MR) is 130 cm³/mol. The molecule has 33 heavy (non-hydrogen) atoms. The lowest BCUT2D eigenvalue weighted by Crippen LogP contribution is -2.33. The molecular weight excluding hydrogens is 416 g/mol. The molecule has 4 rings (SSSR count). The van der Waals surface area contributed by atoms with Crippen LogP contribution in [0.15, 0.2) is 66.4 Å². The van der Waals surface area contributed by atoms with Gasteiger partial charge in [-0.3, -0.25) is 9.59 Å². The highest BCUT2D eigenvalue weighted by Crippen LogP contribution is 2.38. The molecule has 1 aliphatic heterocycles. The summed E-state index contributed by atoms with van der Waals surface area (Å²) in [7, 11) is 3.08. The van der Waals surface area contributed by atoms with Crippen molar-refractivity contribution >= 4 is 28.8 Å². The highest BCUT2D eigenvalue weighted by atomic mass is 16.5. The molecule has 0 radical (unpaired) electrons. The molecular formula is C27H26N2O4. The summed E-state index contributed by atoms with van der Waals surface area (Å²) in [5, 5.41) is 3.23. The van der Waals surface area contributed by atoms with E-state index in [1.54, 1.807) is 31.4 Å². The fraction of sp³-hybridized carbons (Fsp3) is 0.185. The first-order chi connectivity index (χ1) is 15.8. The van der Waals surface area contributed by atoms with Crippen molar-refractivity contribution < 1.29 is 19.1 Å². The van der Waals surface area contributed by atoms with Crippen LogP contribution in [-0.4, -0.2) is 26.0 Å². The highest BCUT2D eigenvalue weighted by molar-refractivity contribution is 6.46. The molecule has 0 aliphatic carbocycles. The molecule has 2 amide bonds. The summed E-state index contributed by atoms with van der Waals surface area (Å²) in [5.41, 5.74) is 5.31. The highest BCUT2D eigenvalue weighted by Gasteiger charge is 2.41. The zero-order chi connectivity index (χ0) is 23.7. The van der Waals surface area contributed by atoms with Crippen LogP contribution in [0.4, 0.5) is 11.4 Å². The molecule has 0 aromatic heterocycles. The first kappa shape index (κ1) is 22.1. The number of anilines is 2. The Labute approximate surface area is 193 Å². The number of benzene rings is 3. The van der Waals surface area contributed by atoms with Crippen molar-refractivity contribution in [2.45, 2.75) is 20.8 Å². The number of carbonyl (C=O) groups excluding carboxylic acids is 2. The number of para-hydroxylation sites is 1. The first-order valence-electron chi connectivity index (χ1n) is 10.6. The van der Waals surface area contributed by atoms with E-state index in [-0.39, 0.29) is 11.3 Å². The quantitative estimate of drug-likeness (QED) is 0.543. The fourth-order valence-electron chi connectivity index (χ4n) is 4.13. The minimum Gasteiger partial charge on any atom is -0.493 e. The molecule has 6 heteroatoms. The van der Waals surface area contributed by atoms with E-state index >= 15 is 0 Å². The largest absolute Gasteiger partial charge is 0.493 e. The zero-order valence-corrected chi connectivity index (χ0v) is 19.4. The van der Waals surface area contributed by atoms with Gasteiger partial charge in [-0.1, -0.05) is 30.3 Å². The summed E-state index contributed by atoms with van der Waals surface area (Å²) in [6.45, 7) is 5.85. The number of amides is 2. The summed E-state index contributed by atoms with van der Waals surface area (Å²) in [6, 6.07) is 18.5. The molecule has 3 aromatic carbocycles. The number of ether oxygens (including phenoxy) is 2. The van der Waals surface area contributed by atoms with Gasteiger partial charge in [0.1, 0.15) is 5.70 Å². The Morgan fingerprint density at radius 2 is 1.42 bits per heavy atom. The maximum atomic E-state index is 13.7. The van der Waals surface area contributed by atoms with E-state index in [9.17, 15) is 9.59 Å². The smallest absolute Gasteiger partial charge is 0.282 e. The number of carbonyl (C=O) groups is 2. The summed E-state index contributed by atoms with van der Waals surface area (Å²) < 4.78 is 10.8. The fourth-order valence-corrected chi connectivity index (χ4v) is 4.13. The standard InChI is InChI=1S/C27H26N2O4/c1-16-12-17(2)14-20(13-16)28-25-24(19-10-11-22(32-4)23(15-19)33-5)26(30)29(27(25)31)21-9-7-6-8-18(21)3/h6-15,28H,1-5H3. The Hall–Kier alpha value is -4.06. The van der Waals surface area contributed by atoms with Crippen LogP contribution in [0.5, 0.6) is 11.5 Å². The van der Waals surface area contributed by atoms with Crippen LogP contribution in [0.2, 0.25) is 0 Å². The lowest BCUT2D eigenvalue weighted by molar-refractivity contribution is -0.120. The maximum absolute atomic E-state index is 13.7. The predicted octanol–water partition coefficient (Wildman–Crippen LogP) is 5.03. The second-order valence-corrected chi connectivity index (χ2v) is 8.05. The van der Waals surface area contributed by atoms with Gasteiger partial charge in [-0.2, -0.15) is 0 Å². The van der Waals surface area contributed by atoms with Gasteiger partial charge in [0, 0.05) is 5.69 Å². The van der Waals surface area contributed by atoms with Gasteiger partial charge in [-0.05, 0) is 73.4 Å². The van der Waals surface area contributed by atoms with Crippen LogP contribution in [0.25, 0.3) is 5.57 Å². The summed E-state index contributed by atoms with van der Waals surface area (Å²) in [4.78, 5) is 28.6. The lowest BCUT2D eigenvalue weighted by atomic mass is 10.0. The SMILES string of the molecule is COc1ccc(C2=C(Nc3cc(C)cc(C)c3)C(=O)N(c3ccccc3C)C2=O)cc1OC. The molecule has 0 saturated heterocycles. The number of aryl methyl sites for hydroxylation is 3. The van der Waals surface area contributed by atoms with Crippen molar-refractivity contribution in [3.63, 3.8) is 0 Å². The van der Waals surface area contributed by atoms with Gasteiger partial charge in [0.05, 0.1) is 25.5 Å². The van der Waals surface area contributed by atoms with Gasteiger partial charge in [0.25, 0.3) is 11.8 Å². The summed E-state index contributed by atoms with van der Waals surface area (Å²) in [6.07, 6.45) is 0. The van der Waals surface area contributed by atoms with Crippen LogP contribution in [0.3, 0.4) is 0 Å². The molecule has 1 aliphatic rings. The first-order valence-corrected chi connectivity index (χ1v) is 10.6. The number of imide groups is 1. The van der Waals surface area contributed by atoms with Crippen molar-refractivity contribution in [2.24, 2.45) is 0 Å². The molecule has 1 N–H and O–H groups in total. The minimum absolute atomic E-state index is 0.223. The molecule has 168 valence electrons. The van der Waals surface area contributed by atoms with E-state index in [0.29, 0.717) is 22.7 Å². The van der Waals surface area contributed by atoms with Crippen LogP contribution in [0, 0.1) is 20.8 Å². The Bertz CT molecular complexity index is 1270. The van der Waals surface area contributed by atoms with E-state index in [0.717, 1.165) is 22.4 Å². The van der Waals surface area contributed by atoms with Crippen LogP contribution in [0.1, 0.15) is 22.3 Å². The van der Waals surface area contributed by atoms with E-state index < -0.39 is 11.8 Å². The number of hydrogen-bond acceptors (Lipinski definition) is 5. The van der Waals surface area contributed by atoms with Crippen LogP contribution >= 0.6 is 0 Å². The topological polar surface area (TPSA) is 67.9 Å². The average molecular weight is 443 g/mol. The van der Waals surface area contributed by atoms with Gasteiger partial charge in [-0.15, -0.1) is 0 Å². The van der Waals surface area contributed by atoms with Crippen LogP contribution in [-0.2, 0) is 9.59 Å². The molecule has 0 fully saturated rings. The Morgan fingerprint density at radius 3 is 2.06 bits per heavy atom. The number of rotatable bonds is 6. The van der Waals surface area contributed by atoms with Crippen molar-refractivity contribution in [1.29, 1.82) is 0 Å². The lowest BCUT2D eigenvalue weighted by Gasteiger charge is -2.18. The number of nitrogens with one attached hydrogen (secondary N) is 1.